The molecule has 1 amide bonds. The molecule has 1 aromatic carbocycles. The zero-order chi connectivity index (χ0) is 17.6. The zero-order valence-corrected chi connectivity index (χ0v) is 16.8. The number of ether oxygens (including phenoxy) is 1. The van der Waals surface area contributed by atoms with Crippen molar-refractivity contribution < 1.29 is 9.53 Å². The monoisotopic (exact) mass is 381 g/mol. The van der Waals surface area contributed by atoms with Gasteiger partial charge in [-0.05, 0) is 37.5 Å². The highest BCUT2D eigenvalue weighted by Crippen LogP contribution is 2.31. The highest BCUT2D eigenvalue weighted by Gasteiger charge is 2.29. The van der Waals surface area contributed by atoms with E-state index in [1.54, 1.807) is 7.11 Å². The van der Waals surface area contributed by atoms with E-state index in [1.807, 2.05) is 12.1 Å². The van der Waals surface area contributed by atoms with Gasteiger partial charge in [0.2, 0.25) is 5.91 Å². The second kappa shape index (κ2) is 10.1. The number of nitrogens with one attached hydrogen (secondary N) is 1. The quantitative estimate of drug-likeness (QED) is 0.871. The van der Waals surface area contributed by atoms with E-state index in [-0.39, 0.29) is 24.4 Å². The van der Waals surface area contributed by atoms with Crippen LogP contribution in [0.5, 0.6) is 5.75 Å². The van der Waals surface area contributed by atoms with Crippen LogP contribution in [0.3, 0.4) is 0 Å². The summed E-state index contributed by atoms with van der Waals surface area (Å²) in [4.78, 5) is 17.6. The Kier molecular flexibility index (Phi) is 8.19. The average molecular weight is 382 g/mol. The normalized spacial score (nSPS) is 24.5. The lowest BCUT2D eigenvalue weighted by atomic mass is 10.0. The second-order valence-electron chi connectivity index (χ2n) is 7.25. The summed E-state index contributed by atoms with van der Waals surface area (Å²) in [6, 6.07) is 8.84. The van der Waals surface area contributed by atoms with E-state index in [1.165, 1.54) is 18.4 Å². The molecule has 2 atom stereocenters. The third kappa shape index (κ3) is 5.12. The molecule has 146 valence electrons. The molecule has 1 N–H and O–H groups in total. The summed E-state index contributed by atoms with van der Waals surface area (Å²) in [6.07, 6.45) is 4.55. The Hall–Kier alpha value is -1.30. The van der Waals surface area contributed by atoms with E-state index < -0.39 is 0 Å². The number of amides is 1. The summed E-state index contributed by atoms with van der Waals surface area (Å²) in [6.45, 7) is 6.50. The molecule has 2 fully saturated rings. The topological polar surface area (TPSA) is 44.8 Å². The van der Waals surface area contributed by atoms with Crippen LogP contribution in [-0.4, -0.2) is 61.6 Å². The average Bonchev–Trinajstić information content (AvgIpc) is 2.90. The number of piperazine rings is 1. The van der Waals surface area contributed by atoms with Gasteiger partial charge in [-0.15, -0.1) is 12.4 Å². The SMILES string of the molecule is COc1ccc(C2CCCCCN2C(=O)CN2CCNC[C@@H]2C)cc1.Cl. The molecule has 0 saturated carbocycles. The van der Waals surface area contributed by atoms with Crippen molar-refractivity contribution in [3.05, 3.63) is 29.8 Å². The molecule has 26 heavy (non-hydrogen) atoms. The fourth-order valence-corrected chi connectivity index (χ4v) is 3.96. The lowest BCUT2D eigenvalue weighted by Gasteiger charge is -2.37. The minimum absolute atomic E-state index is 0. The minimum atomic E-state index is 0. The summed E-state index contributed by atoms with van der Waals surface area (Å²) >= 11 is 0. The first kappa shape index (κ1) is 21.0. The number of carbonyl (C=O) groups excluding carboxylic acids is 1. The Morgan fingerprint density at radius 2 is 1.96 bits per heavy atom. The summed E-state index contributed by atoms with van der Waals surface area (Å²) in [7, 11) is 1.69. The standard InChI is InChI=1S/C20H31N3O2.ClH/c1-16-14-21-11-13-22(16)15-20(24)23-12-5-3-4-6-19(23)17-7-9-18(25-2)10-8-17;/h7-10,16,19,21H,3-6,11-15H2,1-2H3;1H/t16-,19?;/m0./s1. The van der Waals surface area contributed by atoms with Crippen LogP contribution >= 0.6 is 12.4 Å². The summed E-state index contributed by atoms with van der Waals surface area (Å²) in [5.74, 6) is 1.14. The lowest BCUT2D eigenvalue weighted by Crippen LogP contribution is -2.53. The molecular formula is C20H32ClN3O2. The van der Waals surface area contributed by atoms with Crippen LogP contribution in [0.2, 0.25) is 0 Å². The number of hydrogen-bond acceptors (Lipinski definition) is 4. The molecule has 1 aromatic rings. The first-order valence-corrected chi connectivity index (χ1v) is 9.57. The van der Waals surface area contributed by atoms with Gasteiger partial charge < -0.3 is 15.0 Å². The van der Waals surface area contributed by atoms with E-state index in [0.717, 1.165) is 44.8 Å². The molecule has 2 heterocycles. The van der Waals surface area contributed by atoms with Gasteiger partial charge in [0.15, 0.2) is 0 Å². The summed E-state index contributed by atoms with van der Waals surface area (Å²) < 4.78 is 5.27. The summed E-state index contributed by atoms with van der Waals surface area (Å²) in [5.41, 5.74) is 1.23. The van der Waals surface area contributed by atoms with Gasteiger partial charge in [-0.3, -0.25) is 9.69 Å². The number of likely N-dealkylation sites (tertiary alicyclic amines) is 1. The van der Waals surface area contributed by atoms with Gasteiger partial charge in [-0.2, -0.15) is 0 Å². The van der Waals surface area contributed by atoms with Gasteiger partial charge in [-0.1, -0.05) is 25.0 Å². The van der Waals surface area contributed by atoms with Crippen molar-refractivity contribution in [2.24, 2.45) is 0 Å². The van der Waals surface area contributed by atoms with E-state index >= 15 is 0 Å². The number of nitrogens with zero attached hydrogens (tertiary/aromatic N) is 2. The Bertz CT molecular complexity index is 567. The van der Waals surface area contributed by atoms with Gasteiger partial charge in [-0.25, -0.2) is 0 Å². The maximum Gasteiger partial charge on any atom is 0.237 e. The van der Waals surface area contributed by atoms with E-state index in [4.69, 9.17) is 4.74 Å². The Morgan fingerprint density at radius 3 is 2.65 bits per heavy atom. The first-order valence-electron chi connectivity index (χ1n) is 9.57. The summed E-state index contributed by atoms with van der Waals surface area (Å²) in [5, 5.41) is 3.39. The van der Waals surface area contributed by atoms with Crippen LogP contribution in [0, 0.1) is 0 Å². The number of hydrogen-bond donors (Lipinski definition) is 1. The molecule has 2 aliphatic heterocycles. The van der Waals surface area contributed by atoms with Crippen LogP contribution in [0.1, 0.15) is 44.2 Å². The highest BCUT2D eigenvalue weighted by atomic mass is 35.5. The zero-order valence-electron chi connectivity index (χ0n) is 15.9. The predicted octanol–water partition coefficient (Wildman–Crippen LogP) is 2.85. The maximum atomic E-state index is 13.1. The lowest BCUT2D eigenvalue weighted by molar-refractivity contribution is -0.135. The van der Waals surface area contributed by atoms with Gasteiger partial charge in [0, 0.05) is 32.2 Å². The largest absolute Gasteiger partial charge is 0.497 e. The van der Waals surface area contributed by atoms with E-state index in [9.17, 15) is 4.79 Å². The van der Waals surface area contributed by atoms with Gasteiger partial charge in [0.1, 0.15) is 5.75 Å². The molecule has 0 spiro atoms. The van der Waals surface area contributed by atoms with Crippen LogP contribution in [0.15, 0.2) is 24.3 Å². The Labute approximate surface area is 163 Å². The fraction of sp³-hybridized carbons (Fsp3) is 0.650. The van der Waals surface area contributed by atoms with Gasteiger partial charge >= 0.3 is 0 Å². The molecule has 1 unspecified atom stereocenters. The Balaban J connectivity index is 0.00000243. The van der Waals surface area contributed by atoms with Crippen molar-refractivity contribution in [1.82, 2.24) is 15.1 Å². The van der Waals surface area contributed by atoms with Crippen LogP contribution in [-0.2, 0) is 4.79 Å². The molecule has 0 aromatic heterocycles. The molecule has 3 rings (SSSR count). The molecule has 0 radical (unpaired) electrons. The molecular weight excluding hydrogens is 350 g/mol. The smallest absolute Gasteiger partial charge is 0.237 e. The van der Waals surface area contributed by atoms with Crippen molar-refractivity contribution in [2.75, 3.05) is 39.8 Å². The van der Waals surface area contributed by atoms with Crippen molar-refractivity contribution in [3.63, 3.8) is 0 Å². The number of rotatable bonds is 4. The van der Waals surface area contributed by atoms with E-state index in [0.29, 0.717) is 12.6 Å². The molecule has 0 bridgehead atoms. The molecule has 2 aliphatic rings. The Morgan fingerprint density at radius 1 is 1.19 bits per heavy atom. The number of carbonyl (C=O) groups is 1. The van der Waals surface area contributed by atoms with Gasteiger partial charge in [0.25, 0.3) is 0 Å². The maximum absolute atomic E-state index is 13.1. The third-order valence-corrected chi connectivity index (χ3v) is 5.55. The van der Waals surface area contributed by atoms with Crippen molar-refractivity contribution >= 4 is 18.3 Å². The van der Waals surface area contributed by atoms with E-state index in [2.05, 4.69) is 34.2 Å². The molecule has 5 nitrogen and oxygen atoms in total. The molecule has 0 aliphatic carbocycles. The molecule has 2 saturated heterocycles. The molecule has 6 heteroatoms. The van der Waals surface area contributed by atoms with Crippen LogP contribution in [0.25, 0.3) is 0 Å². The number of benzene rings is 1. The number of methoxy groups -OCH3 is 1. The van der Waals surface area contributed by atoms with Crippen molar-refractivity contribution in [1.29, 1.82) is 0 Å². The fourth-order valence-electron chi connectivity index (χ4n) is 3.96. The van der Waals surface area contributed by atoms with Crippen molar-refractivity contribution in [2.45, 2.75) is 44.7 Å². The highest BCUT2D eigenvalue weighted by molar-refractivity contribution is 5.85. The minimum Gasteiger partial charge on any atom is -0.497 e. The number of halogens is 1. The van der Waals surface area contributed by atoms with Crippen LogP contribution < -0.4 is 10.1 Å². The second-order valence-corrected chi connectivity index (χ2v) is 7.25. The van der Waals surface area contributed by atoms with Crippen molar-refractivity contribution in [3.8, 4) is 5.75 Å². The first-order chi connectivity index (χ1) is 12.2. The van der Waals surface area contributed by atoms with Gasteiger partial charge in [0.05, 0.1) is 19.7 Å². The van der Waals surface area contributed by atoms with Crippen LogP contribution in [0.4, 0.5) is 0 Å². The predicted molar refractivity (Wildman–Crippen MR) is 107 cm³/mol. The third-order valence-electron chi connectivity index (χ3n) is 5.55.